The maximum atomic E-state index is 9.11. The van der Waals surface area contributed by atoms with E-state index in [1.54, 1.807) is 12.3 Å². The lowest BCUT2D eigenvalue weighted by molar-refractivity contribution is 0.283. The van der Waals surface area contributed by atoms with Crippen molar-refractivity contribution in [2.45, 2.75) is 25.3 Å². The Labute approximate surface area is 106 Å². The number of hydrogen-bond acceptors (Lipinski definition) is 5. The second-order valence-corrected chi connectivity index (χ2v) is 4.39. The topological polar surface area (TPSA) is 95.0 Å². The summed E-state index contributed by atoms with van der Waals surface area (Å²) in [7, 11) is 0. The molecule has 6 nitrogen and oxygen atoms in total. The minimum atomic E-state index is 0.0476. The molecule has 0 atom stereocenters. The lowest BCUT2D eigenvalue weighted by atomic mass is 9.91. The van der Waals surface area contributed by atoms with Crippen LogP contribution in [0.15, 0.2) is 23.5 Å². The molecule has 0 unspecified atom stereocenters. The SMILES string of the molecule is N/C(=N/O)c1ccc(N(CCO)C2CCC2)nc1. The molecule has 0 amide bonds. The van der Waals surface area contributed by atoms with Gasteiger partial charge in [-0.15, -0.1) is 0 Å². The Morgan fingerprint density at radius 1 is 1.50 bits per heavy atom. The summed E-state index contributed by atoms with van der Waals surface area (Å²) in [5.74, 6) is 0.870. The molecule has 1 heterocycles. The summed E-state index contributed by atoms with van der Waals surface area (Å²) in [6, 6.07) is 4.07. The zero-order valence-corrected chi connectivity index (χ0v) is 10.2. The van der Waals surface area contributed by atoms with E-state index in [0.29, 0.717) is 18.2 Å². The second-order valence-electron chi connectivity index (χ2n) is 4.39. The summed E-state index contributed by atoms with van der Waals surface area (Å²) in [6.07, 6.45) is 5.09. The van der Waals surface area contributed by atoms with Crippen LogP contribution >= 0.6 is 0 Å². The Morgan fingerprint density at radius 3 is 2.72 bits per heavy atom. The molecule has 0 radical (unpaired) electrons. The minimum absolute atomic E-state index is 0.0476. The van der Waals surface area contributed by atoms with Crippen LogP contribution in [-0.4, -0.2) is 40.3 Å². The summed E-state index contributed by atoms with van der Waals surface area (Å²) >= 11 is 0. The van der Waals surface area contributed by atoms with Crippen LogP contribution in [0.5, 0.6) is 0 Å². The number of nitrogens with two attached hydrogens (primary N) is 1. The first kappa shape index (κ1) is 12.6. The highest BCUT2D eigenvalue weighted by Crippen LogP contribution is 2.28. The van der Waals surface area contributed by atoms with Crippen LogP contribution in [0.2, 0.25) is 0 Å². The van der Waals surface area contributed by atoms with Crippen molar-refractivity contribution in [3.63, 3.8) is 0 Å². The molecule has 1 fully saturated rings. The first-order chi connectivity index (χ1) is 8.76. The molecule has 18 heavy (non-hydrogen) atoms. The Morgan fingerprint density at radius 2 is 2.28 bits per heavy atom. The molecule has 2 rings (SSSR count). The van der Waals surface area contributed by atoms with Gasteiger partial charge >= 0.3 is 0 Å². The molecule has 0 spiro atoms. The van der Waals surface area contributed by atoms with Crippen molar-refractivity contribution in [2.75, 3.05) is 18.1 Å². The molecule has 1 aliphatic rings. The van der Waals surface area contributed by atoms with Gasteiger partial charge in [0.15, 0.2) is 5.84 Å². The minimum Gasteiger partial charge on any atom is -0.409 e. The van der Waals surface area contributed by atoms with Crippen LogP contribution in [0.4, 0.5) is 5.82 Å². The van der Waals surface area contributed by atoms with Gasteiger partial charge in [-0.25, -0.2) is 4.98 Å². The normalized spacial score (nSPS) is 16.4. The standard InChI is InChI=1S/C12H18N4O2/c13-12(15-18)9-4-5-11(14-8-9)16(6-7-17)10-2-1-3-10/h4-5,8,10,17-18H,1-3,6-7H2,(H2,13,15). The first-order valence-corrected chi connectivity index (χ1v) is 6.07. The fourth-order valence-electron chi connectivity index (χ4n) is 2.06. The molecule has 0 saturated heterocycles. The van der Waals surface area contributed by atoms with E-state index in [2.05, 4.69) is 15.0 Å². The lowest BCUT2D eigenvalue weighted by Crippen LogP contribution is -2.42. The Hall–Kier alpha value is -1.82. The summed E-state index contributed by atoms with van der Waals surface area (Å²) in [4.78, 5) is 6.42. The number of nitrogens with zero attached hydrogens (tertiary/aromatic N) is 3. The molecule has 1 aromatic rings. The van der Waals surface area contributed by atoms with Gasteiger partial charge in [0.2, 0.25) is 0 Å². The van der Waals surface area contributed by atoms with Crippen molar-refractivity contribution in [2.24, 2.45) is 10.9 Å². The Kier molecular flexibility index (Phi) is 3.99. The highest BCUT2D eigenvalue weighted by Gasteiger charge is 2.25. The number of pyridine rings is 1. The number of anilines is 1. The second kappa shape index (κ2) is 5.68. The number of amidine groups is 1. The van der Waals surface area contributed by atoms with Crippen LogP contribution in [0.25, 0.3) is 0 Å². The van der Waals surface area contributed by atoms with E-state index in [0.717, 1.165) is 18.7 Å². The first-order valence-electron chi connectivity index (χ1n) is 6.07. The van der Waals surface area contributed by atoms with Crippen molar-refractivity contribution < 1.29 is 10.3 Å². The van der Waals surface area contributed by atoms with E-state index in [9.17, 15) is 0 Å². The van der Waals surface area contributed by atoms with Gasteiger partial charge in [0.05, 0.1) is 6.61 Å². The number of aromatic nitrogens is 1. The third-order valence-corrected chi connectivity index (χ3v) is 3.30. The van der Waals surface area contributed by atoms with E-state index >= 15 is 0 Å². The van der Waals surface area contributed by atoms with E-state index < -0.39 is 0 Å². The fourth-order valence-corrected chi connectivity index (χ4v) is 2.06. The van der Waals surface area contributed by atoms with Crippen molar-refractivity contribution in [1.29, 1.82) is 0 Å². The van der Waals surface area contributed by atoms with Crippen LogP contribution in [-0.2, 0) is 0 Å². The molecule has 0 aliphatic heterocycles. The molecular formula is C12H18N4O2. The molecule has 0 bridgehead atoms. The third kappa shape index (κ3) is 2.53. The quantitative estimate of drug-likeness (QED) is 0.306. The number of oxime groups is 1. The number of aliphatic hydroxyl groups is 1. The van der Waals surface area contributed by atoms with Crippen LogP contribution in [0.1, 0.15) is 24.8 Å². The number of rotatable bonds is 5. The van der Waals surface area contributed by atoms with Gasteiger partial charge in [0.25, 0.3) is 0 Å². The number of aliphatic hydroxyl groups excluding tert-OH is 1. The van der Waals surface area contributed by atoms with Gasteiger partial charge in [-0.1, -0.05) is 5.16 Å². The molecule has 0 aromatic carbocycles. The fraction of sp³-hybridized carbons (Fsp3) is 0.500. The Bertz CT molecular complexity index is 415. The van der Waals surface area contributed by atoms with E-state index in [4.69, 9.17) is 16.0 Å². The maximum absolute atomic E-state index is 9.11. The molecule has 1 aromatic heterocycles. The molecule has 98 valence electrons. The van der Waals surface area contributed by atoms with Gasteiger partial charge in [-0.05, 0) is 31.4 Å². The van der Waals surface area contributed by atoms with Gasteiger partial charge in [0, 0.05) is 24.3 Å². The summed E-state index contributed by atoms with van der Waals surface area (Å²) in [6.45, 7) is 0.695. The van der Waals surface area contributed by atoms with Crippen molar-refractivity contribution >= 4 is 11.7 Å². The van der Waals surface area contributed by atoms with Gasteiger partial charge in [0.1, 0.15) is 5.82 Å². The summed E-state index contributed by atoms with van der Waals surface area (Å²) in [5, 5.41) is 20.6. The highest BCUT2D eigenvalue weighted by atomic mass is 16.4. The monoisotopic (exact) mass is 250 g/mol. The van der Waals surface area contributed by atoms with Crippen LogP contribution < -0.4 is 10.6 Å². The van der Waals surface area contributed by atoms with Crippen molar-refractivity contribution in [3.05, 3.63) is 23.9 Å². The molecule has 1 saturated carbocycles. The zero-order chi connectivity index (χ0) is 13.0. The highest BCUT2D eigenvalue weighted by molar-refractivity contribution is 5.96. The van der Waals surface area contributed by atoms with E-state index in [1.807, 2.05) is 6.07 Å². The van der Waals surface area contributed by atoms with Crippen molar-refractivity contribution in [1.82, 2.24) is 4.98 Å². The molecule has 1 aliphatic carbocycles. The zero-order valence-electron chi connectivity index (χ0n) is 10.2. The van der Waals surface area contributed by atoms with E-state index in [-0.39, 0.29) is 12.4 Å². The van der Waals surface area contributed by atoms with Crippen LogP contribution in [0.3, 0.4) is 0 Å². The average Bonchev–Trinajstić information content (AvgIpc) is 2.35. The largest absolute Gasteiger partial charge is 0.409 e. The molecule has 4 N–H and O–H groups in total. The lowest BCUT2D eigenvalue weighted by Gasteiger charge is -2.38. The van der Waals surface area contributed by atoms with Crippen LogP contribution in [0, 0.1) is 0 Å². The predicted octanol–water partition coefficient (Wildman–Crippen LogP) is 0.527. The van der Waals surface area contributed by atoms with Gasteiger partial charge in [-0.3, -0.25) is 0 Å². The summed E-state index contributed by atoms with van der Waals surface area (Å²) < 4.78 is 0. The number of hydrogen-bond donors (Lipinski definition) is 3. The van der Waals surface area contributed by atoms with Crippen molar-refractivity contribution in [3.8, 4) is 0 Å². The molecular weight excluding hydrogens is 232 g/mol. The predicted molar refractivity (Wildman–Crippen MR) is 68.8 cm³/mol. The third-order valence-electron chi connectivity index (χ3n) is 3.30. The van der Waals surface area contributed by atoms with E-state index in [1.165, 1.54) is 6.42 Å². The van der Waals surface area contributed by atoms with Gasteiger partial charge in [-0.2, -0.15) is 0 Å². The summed E-state index contributed by atoms with van der Waals surface area (Å²) in [5.41, 5.74) is 6.06. The van der Waals surface area contributed by atoms with Gasteiger partial charge < -0.3 is 20.9 Å². The maximum Gasteiger partial charge on any atom is 0.171 e. The Balaban J connectivity index is 2.15. The smallest absolute Gasteiger partial charge is 0.171 e. The molecule has 6 heteroatoms. The average molecular weight is 250 g/mol.